The maximum atomic E-state index is 12.3. The van der Waals surface area contributed by atoms with Crippen molar-refractivity contribution in [1.82, 2.24) is 15.1 Å². The number of ether oxygens (including phenoxy) is 1. The van der Waals surface area contributed by atoms with Gasteiger partial charge in [0.05, 0.1) is 35.4 Å². The number of carbonyl (C=O) groups is 1. The number of hydrogen-bond donors (Lipinski definition) is 2. The van der Waals surface area contributed by atoms with Crippen LogP contribution in [-0.4, -0.2) is 34.6 Å². The van der Waals surface area contributed by atoms with Crippen molar-refractivity contribution in [2.24, 2.45) is 0 Å². The molecule has 1 atom stereocenters. The Balaban J connectivity index is 1.80. The summed E-state index contributed by atoms with van der Waals surface area (Å²) >= 11 is 0. The van der Waals surface area contributed by atoms with Gasteiger partial charge in [-0.2, -0.15) is 5.10 Å². The highest BCUT2D eigenvalue weighted by Crippen LogP contribution is 2.23. The second kappa shape index (κ2) is 6.65. The zero-order valence-corrected chi connectivity index (χ0v) is 14.4. The van der Waals surface area contributed by atoms with E-state index in [4.69, 9.17) is 4.74 Å². The van der Waals surface area contributed by atoms with E-state index in [-0.39, 0.29) is 11.6 Å². The van der Waals surface area contributed by atoms with Gasteiger partial charge < -0.3 is 15.4 Å². The number of hydrogen-bond acceptors (Lipinski definition) is 3. The Labute approximate surface area is 142 Å². The zero-order chi connectivity index (χ0) is 17.2. The monoisotopic (exact) mass is 328 g/mol. The number of nitrogens with zero attached hydrogens (tertiary/aromatic N) is 2. The quantitative estimate of drug-likeness (QED) is 0.906. The number of para-hydroxylation sites is 1. The molecule has 2 heterocycles. The van der Waals surface area contributed by atoms with E-state index in [1.807, 2.05) is 29.8 Å². The van der Waals surface area contributed by atoms with Gasteiger partial charge in [-0.1, -0.05) is 25.1 Å². The van der Waals surface area contributed by atoms with Crippen LogP contribution in [0, 0.1) is 6.92 Å². The third-order valence-electron chi connectivity index (χ3n) is 4.43. The molecule has 0 bridgehead atoms. The van der Waals surface area contributed by atoms with Crippen LogP contribution in [0.25, 0.3) is 5.69 Å². The number of aryl methyl sites for hydroxylation is 1. The van der Waals surface area contributed by atoms with Crippen LogP contribution in [0.5, 0.6) is 0 Å². The summed E-state index contributed by atoms with van der Waals surface area (Å²) in [6, 6.07) is 7.86. The predicted molar refractivity (Wildman–Crippen MR) is 93.7 cm³/mol. The first kappa shape index (κ1) is 16.5. The van der Waals surface area contributed by atoms with Crippen LogP contribution in [-0.2, 0) is 11.2 Å². The molecule has 1 aliphatic heterocycles. The minimum Gasteiger partial charge on any atom is -0.379 e. The molecule has 1 unspecified atom stereocenters. The van der Waals surface area contributed by atoms with E-state index in [1.54, 1.807) is 6.20 Å². The van der Waals surface area contributed by atoms with Crippen molar-refractivity contribution in [1.29, 1.82) is 0 Å². The summed E-state index contributed by atoms with van der Waals surface area (Å²) in [5.74, 6) is 0. The zero-order valence-electron chi connectivity index (χ0n) is 14.4. The van der Waals surface area contributed by atoms with E-state index < -0.39 is 0 Å². The van der Waals surface area contributed by atoms with Crippen LogP contribution < -0.4 is 10.6 Å². The maximum absolute atomic E-state index is 12.3. The molecular formula is C18H24N4O2. The highest BCUT2D eigenvalue weighted by molar-refractivity contribution is 5.90. The molecule has 1 aromatic heterocycles. The number of aromatic nitrogens is 2. The van der Waals surface area contributed by atoms with Gasteiger partial charge >= 0.3 is 6.03 Å². The number of nitrogens with one attached hydrogen (secondary N) is 2. The third kappa shape index (κ3) is 3.28. The maximum Gasteiger partial charge on any atom is 0.319 e. The second-order valence-corrected chi connectivity index (χ2v) is 6.50. The molecule has 24 heavy (non-hydrogen) atoms. The number of carbonyl (C=O) groups excluding carboxylic acids is 1. The number of anilines is 1. The van der Waals surface area contributed by atoms with E-state index in [9.17, 15) is 4.79 Å². The Morgan fingerprint density at radius 2 is 2.21 bits per heavy atom. The van der Waals surface area contributed by atoms with Gasteiger partial charge in [0.15, 0.2) is 0 Å². The van der Waals surface area contributed by atoms with Gasteiger partial charge in [-0.05, 0) is 38.3 Å². The number of urea groups is 1. The molecule has 6 nitrogen and oxygen atoms in total. The van der Waals surface area contributed by atoms with Crippen molar-refractivity contribution >= 4 is 11.7 Å². The Hall–Kier alpha value is -2.34. The molecule has 0 radical (unpaired) electrons. The molecule has 1 aromatic carbocycles. The normalized spacial score (nSPS) is 20.1. The number of amides is 2. The van der Waals surface area contributed by atoms with Gasteiger partial charge in [0, 0.05) is 6.61 Å². The summed E-state index contributed by atoms with van der Waals surface area (Å²) in [5.41, 5.74) is 3.58. The van der Waals surface area contributed by atoms with Gasteiger partial charge in [0.25, 0.3) is 0 Å². The smallest absolute Gasteiger partial charge is 0.319 e. The topological polar surface area (TPSA) is 68.2 Å². The fourth-order valence-electron chi connectivity index (χ4n) is 3.02. The highest BCUT2D eigenvalue weighted by Gasteiger charge is 2.31. The van der Waals surface area contributed by atoms with E-state index in [0.29, 0.717) is 13.2 Å². The average Bonchev–Trinajstić information content (AvgIpc) is 3.14. The lowest BCUT2D eigenvalue weighted by molar-refractivity contribution is 0.172. The van der Waals surface area contributed by atoms with Crippen molar-refractivity contribution in [3.63, 3.8) is 0 Å². The van der Waals surface area contributed by atoms with Crippen LogP contribution in [0.4, 0.5) is 10.5 Å². The van der Waals surface area contributed by atoms with E-state index >= 15 is 0 Å². The lowest BCUT2D eigenvalue weighted by Crippen LogP contribution is -2.48. The van der Waals surface area contributed by atoms with Crippen molar-refractivity contribution in [2.75, 3.05) is 18.5 Å². The number of benzene rings is 1. The number of rotatable bonds is 4. The first-order chi connectivity index (χ1) is 11.5. The minimum absolute atomic E-state index is 0.220. The van der Waals surface area contributed by atoms with Crippen molar-refractivity contribution < 1.29 is 9.53 Å². The molecule has 1 saturated heterocycles. The SMILES string of the molecule is CCc1c(NC(=O)NC2(C)CCOC2)cnn1-c1ccccc1C. The van der Waals surface area contributed by atoms with Crippen LogP contribution in [0.2, 0.25) is 0 Å². The van der Waals surface area contributed by atoms with Crippen molar-refractivity contribution in [2.45, 2.75) is 39.2 Å². The fourth-order valence-corrected chi connectivity index (χ4v) is 3.02. The average molecular weight is 328 g/mol. The van der Waals surface area contributed by atoms with Crippen molar-refractivity contribution in [3.05, 3.63) is 41.7 Å². The molecule has 0 spiro atoms. The predicted octanol–water partition coefficient (Wildman–Crippen LogP) is 3.04. The molecule has 2 N–H and O–H groups in total. The van der Waals surface area contributed by atoms with Gasteiger partial charge in [-0.3, -0.25) is 0 Å². The van der Waals surface area contributed by atoms with Gasteiger partial charge in [-0.15, -0.1) is 0 Å². The molecule has 2 aromatic rings. The van der Waals surface area contributed by atoms with Crippen LogP contribution in [0.3, 0.4) is 0 Å². The Bertz CT molecular complexity index is 732. The van der Waals surface area contributed by atoms with Gasteiger partial charge in [0.2, 0.25) is 0 Å². The van der Waals surface area contributed by atoms with Gasteiger partial charge in [0.1, 0.15) is 0 Å². The first-order valence-corrected chi connectivity index (χ1v) is 8.32. The lowest BCUT2D eigenvalue weighted by Gasteiger charge is -2.23. The summed E-state index contributed by atoms with van der Waals surface area (Å²) in [5, 5.41) is 10.4. The highest BCUT2D eigenvalue weighted by atomic mass is 16.5. The Morgan fingerprint density at radius 1 is 1.42 bits per heavy atom. The molecular weight excluding hydrogens is 304 g/mol. The fraction of sp³-hybridized carbons (Fsp3) is 0.444. The Morgan fingerprint density at radius 3 is 2.88 bits per heavy atom. The molecule has 128 valence electrons. The largest absolute Gasteiger partial charge is 0.379 e. The van der Waals surface area contributed by atoms with E-state index in [2.05, 4.69) is 35.6 Å². The minimum atomic E-state index is -0.303. The van der Waals surface area contributed by atoms with Gasteiger partial charge in [-0.25, -0.2) is 9.48 Å². The van der Waals surface area contributed by atoms with E-state index in [0.717, 1.165) is 35.5 Å². The second-order valence-electron chi connectivity index (χ2n) is 6.50. The first-order valence-electron chi connectivity index (χ1n) is 8.32. The summed E-state index contributed by atoms with van der Waals surface area (Å²) < 4.78 is 7.27. The molecule has 1 aliphatic rings. The summed E-state index contributed by atoms with van der Waals surface area (Å²) in [6.45, 7) is 7.33. The molecule has 3 rings (SSSR count). The Kier molecular flexibility index (Phi) is 4.57. The van der Waals surface area contributed by atoms with Crippen LogP contribution >= 0.6 is 0 Å². The standard InChI is InChI=1S/C18H24N4O2/c1-4-15-14(20-17(23)21-18(3)9-10-24-12-18)11-19-22(15)16-8-6-5-7-13(16)2/h5-8,11H,4,9-10,12H2,1-3H3,(H2,20,21,23). The molecule has 0 aliphatic carbocycles. The molecule has 1 fully saturated rings. The molecule has 6 heteroatoms. The van der Waals surface area contributed by atoms with Crippen LogP contribution in [0.1, 0.15) is 31.5 Å². The summed E-state index contributed by atoms with van der Waals surface area (Å²) in [4.78, 5) is 12.3. The third-order valence-corrected chi connectivity index (χ3v) is 4.43. The van der Waals surface area contributed by atoms with Crippen molar-refractivity contribution in [3.8, 4) is 5.69 Å². The molecule has 2 amide bonds. The molecule has 0 saturated carbocycles. The summed E-state index contributed by atoms with van der Waals surface area (Å²) in [6.07, 6.45) is 3.30. The lowest BCUT2D eigenvalue weighted by atomic mass is 10.0. The summed E-state index contributed by atoms with van der Waals surface area (Å²) in [7, 11) is 0. The van der Waals surface area contributed by atoms with Crippen LogP contribution in [0.15, 0.2) is 30.5 Å². The van der Waals surface area contributed by atoms with E-state index in [1.165, 1.54) is 0 Å².